The molecule has 2 aliphatic heterocycles. The van der Waals surface area contributed by atoms with Crippen LogP contribution in [-0.2, 0) is 0 Å². The summed E-state index contributed by atoms with van der Waals surface area (Å²) in [6.07, 6.45) is 0. The summed E-state index contributed by atoms with van der Waals surface area (Å²) in [6, 6.07) is 8.69. The molecule has 0 bridgehead atoms. The minimum atomic E-state index is 0.388. The molecule has 2 aromatic rings. The summed E-state index contributed by atoms with van der Waals surface area (Å²) in [7, 11) is 0. The molecule has 0 spiro atoms. The van der Waals surface area contributed by atoms with Gasteiger partial charge in [0.2, 0.25) is 0 Å². The maximum absolute atomic E-state index is 5.65. The quantitative estimate of drug-likeness (QED) is 0.417. The number of hydrogen-bond donors (Lipinski definition) is 0. The van der Waals surface area contributed by atoms with Crippen molar-refractivity contribution in [2.75, 3.05) is 0 Å². The van der Waals surface area contributed by atoms with E-state index in [1.165, 1.54) is 25.7 Å². The fourth-order valence-electron chi connectivity index (χ4n) is 1.73. The van der Waals surface area contributed by atoms with E-state index in [9.17, 15) is 0 Å². The molecule has 3 heterocycles. The Morgan fingerprint density at radius 3 is 2.15 bits per heavy atom. The van der Waals surface area contributed by atoms with Crippen LogP contribution in [0.4, 0.5) is 0 Å². The van der Waals surface area contributed by atoms with Crippen LogP contribution < -0.4 is 7.06 Å². The van der Waals surface area contributed by atoms with E-state index < -0.39 is 0 Å². The first-order chi connectivity index (χ1) is 9.81. The molecule has 4 rings (SSSR count). The molecular formula is C13H6S5Se2. The molecule has 0 saturated carbocycles. The van der Waals surface area contributed by atoms with Gasteiger partial charge in [-0.15, -0.1) is 0 Å². The number of benzene rings is 1. The zero-order chi connectivity index (χ0) is 13.5. The molecule has 0 amide bonds. The average Bonchev–Trinajstić information content (AvgIpc) is 3.16. The second kappa shape index (κ2) is 6.23. The van der Waals surface area contributed by atoms with Crippen LogP contribution in [0.15, 0.2) is 44.9 Å². The van der Waals surface area contributed by atoms with Crippen molar-refractivity contribution in [1.29, 1.82) is 0 Å². The van der Waals surface area contributed by atoms with Crippen LogP contribution in [0.5, 0.6) is 0 Å². The van der Waals surface area contributed by atoms with E-state index in [1.807, 2.05) is 47.0 Å². The van der Waals surface area contributed by atoms with Gasteiger partial charge in [-0.2, -0.15) is 0 Å². The van der Waals surface area contributed by atoms with Crippen molar-refractivity contribution in [3.8, 4) is 0 Å². The van der Waals surface area contributed by atoms with Crippen molar-refractivity contribution in [2.24, 2.45) is 0 Å². The third kappa shape index (κ3) is 2.78. The van der Waals surface area contributed by atoms with Crippen LogP contribution >= 0.6 is 59.3 Å². The third-order valence-corrected chi connectivity index (χ3v) is 16.2. The van der Waals surface area contributed by atoms with Crippen molar-refractivity contribution in [1.82, 2.24) is 0 Å². The first kappa shape index (κ1) is 14.6. The monoisotopic (exact) mass is 482 g/mol. The number of fused-ring (bicyclic) bond motifs is 1. The Kier molecular flexibility index (Phi) is 4.53. The van der Waals surface area contributed by atoms with Crippen LogP contribution in [0.3, 0.4) is 0 Å². The van der Waals surface area contributed by atoms with E-state index in [0.29, 0.717) is 29.0 Å². The zero-order valence-electron chi connectivity index (χ0n) is 9.82. The molecule has 7 heteroatoms. The van der Waals surface area contributed by atoms with Gasteiger partial charge in [0, 0.05) is 0 Å². The molecule has 0 fully saturated rings. The Labute approximate surface area is 150 Å². The Balaban J connectivity index is 1.86. The number of hydrogen-bond acceptors (Lipinski definition) is 5. The second-order valence-corrected chi connectivity index (χ2v) is 14.9. The van der Waals surface area contributed by atoms with Crippen LogP contribution in [0.25, 0.3) is 8.47 Å². The predicted molar refractivity (Wildman–Crippen MR) is 99.7 cm³/mol. The topological polar surface area (TPSA) is 0 Å². The van der Waals surface area contributed by atoms with Crippen molar-refractivity contribution >= 4 is 96.7 Å². The first-order valence-corrected chi connectivity index (χ1v) is 12.9. The summed E-state index contributed by atoms with van der Waals surface area (Å²) >= 11 is 14.0. The van der Waals surface area contributed by atoms with Gasteiger partial charge in [-0.1, -0.05) is 0 Å². The molecule has 0 N–H and O–H groups in total. The Hall–Kier alpha value is 0.969. The maximum atomic E-state index is 5.65. The molecule has 0 nitrogen and oxygen atoms in total. The van der Waals surface area contributed by atoms with Crippen molar-refractivity contribution in [2.45, 2.75) is 9.79 Å². The minimum absolute atomic E-state index is 0.388. The number of rotatable bonds is 0. The van der Waals surface area contributed by atoms with Crippen molar-refractivity contribution in [3.05, 3.63) is 45.5 Å². The molecule has 1 aromatic carbocycles. The Morgan fingerprint density at radius 2 is 1.50 bits per heavy atom. The van der Waals surface area contributed by atoms with E-state index in [-0.39, 0.29) is 0 Å². The van der Waals surface area contributed by atoms with Crippen molar-refractivity contribution in [3.63, 3.8) is 0 Å². The number of thioether (sulfide) groups is 4. The van der Waals surface area contributed by atoms with Gasteiger partial charge >= 0.3 is 152 Å². The van der Waals surface area contributed by atoms with Crippen LogP contribution in [0.1, 0.15) is 0 Å². The second-order valence-electron chi connectivity index (χ2n) is 3.84. The summed E-state index contributed by atoms with van der Waals surface area (Å²) in [5, 5.41) is 4.33. The molecule has 0 radical (unpaired) electrons. The van der Waals surface area contributed by atoms with Gasteiger partial charge in [0.15, 0.2) is 0 Å². The molecule has 100 valence electrons. The van der Waals surface area contributed by atoms with E-state index >= 15 is 0 Å². The predicted octanol–water partition coefficient (Wildman–Crippen LogP) is 3.51. The molecule has 2 aliphatic rings. The molecule has 1 aromatic heterocycles. The summed E-state index contributed by atoms with van der Waals surface area (Å²) in [5.74, 6) is 0. The van der Waals surface area contributed by atoms with Crippen LogP contribution in [0.2, 0.25) is 0 Å². The first-order valence-electron chi connectivity index (χ1n) is 5.63. The van der Waals surface area contributed by atoms with Gasteiger partial charge in [-0.05, 0) is 0 Å². The average molecular weight is 480 g/mol. The fourth-order valence-corrected chi connectivity index (χ4v) is 15.4. The summed E-state index contributed by atoms with van der Waals surface area (Å²) < 4.78 is 7.28. The summed E-state index contributed by atoms with van der Waals surface area (Å²) in [6.45, 7) is 0. The summed E-state index contributed by atoms with van der Waals surface area (Å²) in [4.78, 5) is 2.81. The van der Waals surface area contributed by atoms with Gasteiger partial charge in [-0.3, -0.25) is 0 Å². The fraction of sp³-hybridized carbons (Fsp3) is 0. The van der Waals surface area contributed by atoms with E-state index in [4.69, 9.17) is 12.2 Å². The molecule has 20 heavy (non-hydrogen) atoms. The van der Waals surface area contributed by atoms with E-state index in [1.54, 1.807) is 2.97 Å². The Bertz CT molecular complexity index is 853. The SMILES string of the molecule is S=c1[se]c(=C2Sc3ccccc3S2)[se]c1=C1SC=CS1. The van der Waals surface area contributed by atoms with Gasteiger partial charge < -0.3 is 0 Å². The molecular weight excluding hydrogens is 474 g/mol. The third-order valence-electron chi connectivity index (χ3n) is 2.58. The van der Waals surface area contributed by atoms with Gasteiger partial charge in [-0.25, -0.2) is 0 Å². The summed E-state index contributed by atoms with van der Waals surface area (Å²) in [5.41, 5.74) is 0. The van der Waals surface area contributed by atoms with Crippen LogP contribution in [0, 0.1) is 3.38 Å². The van der Waals surface area contributed by atoms with E-state index in [0.717, 1.165) is 0 Å². The standard InChI is InChI=1S/C13H6S5Se2/c14-10-9(11-15-5-6-16-11)19-13(20-10)12-17-7-3-1-2-4-8(7)18-12/h1-6H. The van der Waals surface area contributed by atoms with Crippen LogP contribution in [-0.4, -0.2) is 29.0 Å². The molecule has 0 unspecified atom stereocenters. The van der Waals surface area contributed by atoms with E-state index in [2.05, 4.69) is 35.1 Å². The zero-order valence-corrected chi connectivity index (χ0v) is 17.3. The normalized spacial score (nSPS) is 17.0. The molecule has 0 atom stereocenters. The van der Waals surface area contributed by atoms with Gasteiger partial charge in [0.25, 0.3) is 0 Å². The molecule has 0 saturated heterocycles. The Morgan fingerprint density at radius 1 is 0.850 bits per heavy atom. The molecule has 0 aliphatic carbocycles. The van der Waals surface area contributed by atoms with Gasteiger partial charge in [0.1, 0.15) is 0 Å². The van der Waals surface area contributed by atoms with Crippen molar-refractivity contribution < 1.29 is 0 Å². The van der Waals surface area contributed by atoms with Gasteiger partial charge in [0.05, 0.1) is 0 Å².